The predicted octanol–water partition coefficient (Wildman–Crippen LogP) is 5.23. The smallest absolute Gasteiger partial charge is 0.256 e. The molecule has 8 heteroatoms. The van der Waals surface area contributed by atoms with Gasteiger partial charge in [0.15, 0.2) is 0 Å². The molecule has 1 aliphatic heterocycles. The van der Waals surface area contributed by atoms with Crippen molar-refractivity contribution in [3.8, 4) is 0 Å². The van der Waals surface area contributed by atoms with Crippen LogP contribution < -0.4 is 5.32 Å². The monoisotopic (exact) mass is 484 g/mol. The summed E-state index contributed by atoms with van der Waals surface area (Å²) in [6.07, 6.45) is 2.73. The molecule has 1 amide bonds. The van der Waals surface area contributed by atoms with Crippen LogP contribution in [0.2, 0.25) is 5.02 Å². The van der Waals surface area contributed by atoms with Gasteiger partial charge in [0, 0.05) is 22.6 Å². The Morgan fingerprint density at radius 2 is 1.96 bits per heavy atom. The molecule has 0 aliphatic carbocycles. The van der Waals surface area contributed by atoms with Gasteiger partial charge in [0.25, 0.3) is 5.91 Å². The van der Waals surface area contributed by atoms with Gasteiger partial charge in [-0.1, -0.05) is 40.0 Å². The number of sulfonamides is 1. The number of hydrogen-bond acceptors (Lipinski definition) is 3. The van der Waals surface area contributed by atoms with Crippen LogP contribution in [0, 0.1) is 6.92 Å². The highest BCUT2D eigenvalue weighted by atomic mass is 79.9. The third kappa shape index (κ3) is 4.43. The van der Waals surface area contributed by atoms with E-state index in [0.717, 1.165) is 23.7 Å². The lowest BCUT2D eigenvalue weighted by Gasteiger charge is -2.32. The van der Waals surface area contributed by atoms with Crippen LogP contribution in [0.1, 0.15) is 42.1 Å². The van der Waals surface area contributed by atoms with E-state index >= 15 is 0 Å². The van der Waals surface area contributed by atoms with Crippen molar-refractivity contribution in [3.63, 3.8) is 0 Å². The first-order valence-electron chi connectivity index (χ1n) is 9.09. The van der Waals surface area contributed by atoms with Crippen molar-refractivity contribution in [2.45, 2.75) is 44.0 Å². The number of rotatable bonds is 4. The standard InChI is InChI=1S/C20H22BrClN2O3S/c1-13-6-8-16(28(26,27)24-10-4-3-5-14(24)2)12-17(13)20(25)23-19-9-7-15(21)11-18(19)22/h6-9,11-12,14H,3-5,10H2,1-2H3,(H,23,25). The summed E-state index contributed by atoms with van der Waals surface area (Å²) in [6.45, 7) is 4.21. The molecule has 5 nitrogen and oxygen atoms in total. The number of carbonyl (C=O) groups excluding carboxylic acids is 1. The maximum absolute atomic E-state index is 13.1. The van der Waals surface area contributed by atoms with Crippen molar-refractivity contribution in [2.75, 3.05) is 11.9 Å². The van der Waals surface area contributed by atoms with Crippen LogP contribution in [0.15, 0.2) is 45.8 Å². The van der Waals surface area contributed by atoms with E-state index in [9.17, 15) is 13.2 Å². The zero-order chi connectivity index (χ0) is 20.5. The van der Waals surface area contributed by atoms with Crippen molar-refractivity contribution < 1.29 is 13.2 Å². The van der Waals surface area contributed by atoms with Gasteiger partial charge < -0.3 is 5.32 Å². The van der Waals surface area contributed by atoms with E-state index in [0.29, 0.717) is 28.4 Å². The summed E-state index contributed by atoms with van der Waals surface area (Å²) in [7, 11) is -3.65. The van der Waals surface area contributed by atoms with Crippen LogP contribution in [0.25, 0.3) is 0 Å². The lowest BCUT2D eigenvalue weighted by molar-refractivity contribution is 0.102. The van der Waals surface area contributed by atoms with E-state index in [1.165, 1.54) is 10.4 Å². The van der Waals surface area contributed by atoms with Crippen LogP contribution in [-0.4, -0.2) is 31.2 Å². The second-order valence-corrected chi connectivity index (χ2v) is 10.2. The van der Waals surface area contributed by atoms with Crippen molar-refractivity contribution in [3.05, 3.63) is 57.0 Å². The molecule has 1 unspecified atom stereocenters. The molecule has 1 aliphatic rings. The highest BCUT2D eigenvalue weighted by molar-refractivity contribution is 9.10. The summed E-state index contributed by atoms with van der Waals surface area (Å²) in [5.41, 5.74) is 1.47. The van der Waals surface area contributed by atoms with E-state index in [-0.39, 0.29) is 10.9 Å². The molecule has 2 aromatic carbocycles. The van der Waals surface area contributed by atoms with E-state index in [1.54, 1.807) is 37.3 Å². The fraction of sp³-hybridized carbons (Fsp3) is 0.350. The SMILES string of the molecule is Cc1ccc(S(=O)(=O)N2CCCCC2C)cc1C(=O)Nc1ccc(Br)cc1Cl. The second-order valence-electron chi connectivity index (χ2n) is 7.02. The number of piperidine rings is 1. The van der Waals surface area contributed by atoms with Gasteiger partial charge in [-0.15, -0.1) is 0 Å². The van der Waals surface area contributed by atoms with Crippen LogP contribution in [-0.2, 0) is 10.0 Å². The molecule has 0 saturated carbocycles. The molecular weight excluding hydrogens is 464 g/mol. The van der Waals surface area contributed by atoms with E-state index in [4.69, 9.17) is 11.6 Å². The molecule has 28 heavy (non-hydrogen) atoms. The third-order valence-electron chi connectivity index (χ3n) is 4.98. The zero-order valence-corrected chi connectivity index (χ0v) is 18.9. The highest BCUT2D eigenvalue weighted by Gasteiger charge is 2.31. The Labute approximate surface area is 179 Å². The Balaban J connectivity index is 1.91. The van der Waals surface area contributed by atoms with Gasteiger partial charge in [-0.3, -0.25) is 4.79 Å². The number of nitrogens with zero attached hydrogens (tertiary/aromatic N) is 1. The number of carbonyl (C=O) groups is 1. The molecule has 0 radical (unpaired) electrons. The van der Waals surface area contributed by atoms with Crippen LogP contribution in [0.4, 0.5) is 5.69 Å². The number of nitrogens with one attached hydrogen (secondary N) is 1. The Kier molecular flexibility index (Phi) is 6.49. The number of halogens is 2. The Morgan fingerprint density at radius 3 is 2.64 bits per heavy atom. The summed E-state index contributed by atoms with van der Waals surface area (Å²) in [4.78, 5) is 12.9. The molecule has 0 bridgehead atoms. The Hall–Kier alpha value is -1.41. The van der Waals surface area contributed by atoms with E-state index in [2.05, 4.69) is 21.2 Å². The van der Waals surface area contributed by atoms with Crippen LogP contribution in [0.3, 0.4) is 0 Å². The van der Waals surface area contributed by atoms with Crippen molar-refractivity contribution in [1.82, 2.24) is 4.31 Å². The first-order valence-corrected chi connectivity index (χ1v) is 11.7. The van der Waals surface area contributed by atoms with Gasteiger partial charge in [0.1, 0.15) is 0 Å². The lowest BCUT2D eigenvalue weighted by Crippen LogP contribution is -2.42. The predicted molar refractivity (Wildman–Crippen MR) is 115 cm³/mol. The molecular formula is C20H22BrClN2O3S. The fourth-order valence-corrected chi connectivity index (χ4v) is 5.80. The van der Waals surface area contributed by atoms with Crippen molar-refractivity contribution in [2.24, 2.45) is 0 Å². The Bertz CT molecular complexity index is 1010. The van der Waals surface area contributed by atoms with Gasteiger partial charge in [-0.2, -0.15) is 4.31 Å². The zero-order valence-electron chi connectivity index (χ0n) is 15.7. The van der Waals surface area contributed by atoms with E-state index < -0.39 is 15.9 Å². The molecule has 150 valence electrons. The lowest BCUT2D eigenvalue weighted by atomic mass is 10.1. The molecule has 1 N–H and O–H groups in total. The number of aryl methyl sites for hydroxylation is 1. The van der Waals surface area contributed by atoms with Gasteiger partial charge in [0.2, 0.25) is 10.0 Å². The fourth-order valence-electron chi connectivity index (χ4n) is 3.35. The van der Waals surface area contributed by atoms with Crippen molar-refractivity contribution in [1.29, 1.82) is 0 Å². The average molecular weight is 486 g/mol. The first-order chi connectivity index (χ1) is 13.2. The second kappa shape index (κ2) is 8.53. The van der Waals surface area contributed by atoms with Gasteiger partial charge >= 0.3 is 0 Å². The minimum Gasteiger partial charge on any atom is -0.321 e. The topological polar surface area (TPSA) is 66.5 Å². The maximum atomic E-state index is 13.1. The number of anilines is 1. The molecule has 1 heterocycles. The molecule has 2 aromatic rings. The Morgan fingerprint density at radius 1 is 1.21 bits per heavy atom. The quantitative estimate of drug-likeness (QED) is 0.645. The summed E-state index contributed by atoms with van der Waals surface area (Å²) >= 11 is 9.50. The average Bonchev–Trinajstić information content (AvgIpc) is 2.64. The molecule has 0 aromatic heterocycles. The molecule has 1 saturated heterocycles. The first kappa shape index (κ1) is 21.3. The number of amides is 1. The van der Waals surface area contributed by atoms with Crippen LogP contribution >= 0.6 is 27.5 Å². The summed E-state index contributed by atoms with van der Waals surface area (Å²) in [6, 6.07) is 9.79. The minimum absolute atomic E-state index is 0.0427. The van der Waals surface area contributed by atoms with Gasteiger partial charge in [-0.05, 0) is 62.6 Å². The normalized spacial score (nSPS) is 18.1. The van der Waals surface area contributed by atoms with Gasteiger partial charge in [-0.25, -0.2) is 8.42 Å². The molecule has 1 atom stereocenters. The molecule has 1 fully saturated rings. The van der Waals surface area contributed by atoms with Crippen molar-refractivity contribution >= 4 is 49.1 Å². The largest absolute Gasteiger partial charge is 0.321 e. The van der Waals surface area contributed by atoms with Gasteiger partial charge in [0.05, 0.1) is 15.6 Å². The number of benzene rings is 2. The molecule has 0 spiro atoms. The minimum atomic E-state index is -3.65. The number of hydrogen-bond donors (Lipinski definition) is 1. The maximum Gasteiger partial charge on any atom is 0.256 e. The summed E-state index contributed by atoms with van der Waals surface area (Å²) in [5, 5.41) is 3.16. The third-order valence-corrected chi connectivity index (χ3v) is 7.80. The highest BCUT2D eigenvalue weighted by Crippen LogP contribution is 2.28. The molecule has 3 rings (SSSR count). The van der Waals surface area contributed by atoms with E-state index in [1.807, 2.05) is 6.92 Å². The summed E-state index contributed by atoms with van der Waals surface area (Å²) in [5.74, 6) is -0.398. The summed E-state index contributed by atoms with van der Waals surface area (Å²) < 4.78 is 28.5. The van der Waals surface area contributed by atoms with Crippen LogP contribution in [0.5, 0.6) is 0 Å².